The van der Waals surface area contributed by atoms with Crippen molar-refractivity contribution < 1.29 is 13.9 Å². The molecule has 3 rings (SSSR count). The van der Waals surface area contributed by atoms with Gasteiger partial charge in [-0.1, -0.05) is 24.3 Å². The van der Waals surface area contributed by atoms with Crippen molar-refractivity contribution >= 4 is 11.6 Å². The highest BCUT2D eigenvalue weighted by atomic mass is 19.1. The molecule has 1 aliphatic heterocycles. The summed E-state index contributed by atoms with van der Waals surface area (Å²) >= 11 is 0. The normalized spacial score (nSPS) is 15.8. The van der Waals surface area contributed by atoms with Gasteiger partial charge in [-0.15, -0.1) is 0 Å². The number of ether oxygens (including phenoxy) is 1. The van der Waals surface area contributed by atoms with Gasteiger partial charge >= 0.3 is 0 Å². The zero-order valence-corrected chi connectivity index (χ0v) is 16.4. The molecule has 1 aliphatic rings. The molecule has 6 heteroatoms. The van der Waals surface area contributed by atoms with Crippen molar-refractivity contribution in [3.05, 3.63) is 59.9 Å². The number of hydrogen-bond donors (Lipinski definition) is 1. The number of nitrogens with one attached hydrogen (secondary N) is 1. The lowest BCUT2D eigenvalue weighted by Crippen LogP contribution is -2.36. The van der Waals surface area contributed by atoms with Gasteiger partial charge < -0.3 is 10.1 Å². The van der Waals surface area contributed by atoms with Crippen LogP contribution in [0, 0.1) is 5.82 Å². The van der Waals surface area contributed by atoms with Crippen LogP contribution < -0.4 is 10.1 Å². The van der Waals surface area contributed by atoms with Crippen LogP contribution in [0.25, 0.3) is 0 Å². The van der Waals surface area contributed by atoms with Gasteiger partial charge in [0.05, 0.1) is 18.8 Å². The van der Waals surface area contributed by atoms with Gasteiger partial charge in [-0.3, -0.25) is 14.6 Å². The molecule has 1 fully saturated rings. The maximum atomic E-state index is 13.1. The minimum Gasteiger partial charge on any atom is -0.492 e. The fraction of sp³-hybridized carbons (Fsp3) is 0.409. The second-order valence-corrected chi connectivity index (χ2v) is 7.01. The van der Waals surface area contributed by atoms with Crippen molar-refractivity contribution in [3.8, 4) is 5.75 Å². The van der Waals surface area contributed by atoms with Crippen LogP contribution in [0.1, 0.15) is 18.9 Å². The van der Waals surface area contributed by atoms with Gasteiger partial charge in [0.25, 0.3) is 0 Å². The summed E-state index contributed by atoms with van der Waals surface area (Å²) in [4.78, 5) is 17.0. The minimum absolute atomic E-state index is 0.0286. The van der Waals surface area contributed by atoms with E-state index in [0.29, 0.717) is 24.6 Å². The van der Waals surface area contributed by atoms with Crippen LogP contribution in [-0.4, -0.2) is 55.0 Å². The third kappa shape index (κ3) is 6.04. The van der Waals surface area contributed by atoms with Crippen molar-refractivity contribution in [1.29, 1.82) is 0 Å². The van der Waals surface area contributed by atoms with Crippen molar-refractivity contribution in [3.63, 3.8) is 0 Å². The summed E-state index contributed by atoms with van der Waals surface area (Å²) in [6.45, 7) is 7.24. The SMILES string of the molecule is CCOc1ccccc1NC(=O)CN1CCCN(Cc2ccc(F)cc2)CC1. The van der Waals surface area contributed by atoms with E-state index in [1.807, 2.05) is 43.3 Å². The fourth-order valence-corrected chi connectivity index (χ4v) is 3.43. The molecule has 0 bridgehead atoms. The van der Waals surface area contributed by atoms with Crippen molar-refractivity contribution in [2.75, 3.05) is 44.6 Å². The summed E-state index contributed by atoms with van der Waals surface area (Å²) in [6.07, 6.45) is 1.00. The van der Waals surface area contributed by atoms with Crippen LogP contribution in [0.4, 0.5) is 10.1 Å². The van der Waals surface area contributed by atoms with E-state index in [0.717, 1.165) is 44.7 Å². The Morgan fingerprint density at radius 3 is 2.54 bits per heavy atom. The number of hydrogen-bond acceptors (Lipinski definition) is 4. The molecule has 2 aromatic carbocycles. The number of halogens is 1. The lowest BCUT2D eigenvalue weighted by molar-refractivity contribution is -0.117. The van der Waals surface area contributed by atoms with Gasteiger partial charge in [0.15, 0.2) is 0 Å². The highest BCUT2D eigenvalue weighted by molar-refractivity contribution is 5.93. The number of anilines is 1. The van der Waals surface area contributed by atoms with Gasteiger partial charge in [-0.05, 0) is 56.3 Å². The summed E-state index contributed by atoms with van der Waals surface area (Å²) in [5.74, 6) is 0.460. The molecule has 0 atom stereocenters. The molecule has 1 saturated heterocycles. The van der Waals surface area contributed by atoms with E-state index in [1.165, 1.54) is 12.1 Å². The number of nitrogens with zero attached hydrogens (tertiary/aromatic N) is 2. The number of carbonyl (C=O) groups is 1. The molecule has 0 spiro atoms. The maximum absolute atomic E-state index is 13.1. The van der Waals surface area contributed by atoms with Crippen molar-refractivity contribution in [2.24, 2.45) is 0 Å². The Labute approximate surface area is 166 Å². The molecule has 0 unspecified atom stereocenters. The Morgan fingerprint density at radius 1 is 1.04 bits per heavy atom. The van der Waals surface area contributed by atoms with E-state index >= 15 is 0 Å². The third-order valence-corrected chi connectivity index (χ3v) is 4.83. The Bertz CT molecular complexity index is 767. The Balaban J connectivity index is 1.49. The first-order valence-electron chi connectivity index (χ1n) is 9.85. The van der Waals surface area contributed by atoms with Crippen molar-refractivity contribution in [1.82, 2.24) is 9.80 Å². The third-order valence-electron chi connectivity index (χ3n) is 4.83. The fourth-order valence-electron chi connectivity index (χ4n) is 3.43. The van der Waals surface area contributed by atoms with Crippen LogP contribution in [-0.2, 0) is 11.3 Å². The van der Waals surface area contributed by atoms with Crippen LogP contribution >= 0.6 is 0 Å². The monoisotopic (exact) mass is 385 g/mol. The average molecular weight is 385 g/mol. The van der Waals surface area contributed by atoms with E-state index in [2.05, 4.69) is 15.1 Å². The molecule has 0 radical (unpaired) electrons. The Kier molecular flexibility index (Phi) is 7.39. The van der Waals surface area contributed by atoms with Crippen molar-refractivity contribution in [2.45, 2.75) is 19.9 Å². The lowest BCUT2D eigenvalue weighted by atomic mass is 10.2. The summed E-state index contributed by atoms with van der Waals surface area (Å²) < 4.78 is 18.6. The molecule has 5 nitrogen and oxygen atoms in total. The predicted molar refractivity (Wildman–Crippen MR) is 109 cm³/mol. The second-order valence-electron chi connectivity index (χ2n) is 7.01. The maximum Gasteiger partial charge on any atom is 0.238 e. The smallest absolute Gasteiger partial charge is 0.238 e. The highest BCUT2D eigenvalue weighted by Gasteiger charge is 2.18. The molecule has 1 amide bonds. The molecule has 1 N–H and O–H groups in total. The van der Waals surface area contributed by atoms with Crippen LogP contribution in [0.3, 0.4) is 0 Å². The number of carbonyl (C=O) groups excluding carboxylic acids is 1. The van der Waals surface area contributed by atoms with Gasteiger partial charge in [0, 0.05) is 19.6 Å². The summed E-state index contributed by atoms with van der Waals surface area (Å²) in [6, 6.07) is 14.2. The van der Waals surface area contributed by atoms with Crippen LogP contribution in [0.2, 0.25) is 0 Å². The number of benzene rings is 2. The molecule has 150 valence electrons. The summed E-state index contributed by atoms with van der Waals surface area (Å²) in [5.41, 5.74) is 1.82. The molecular weight excluding hydrogens is 357 g/mol. The Morgan fingerprint density at radius 2 is 1.75 bits per heavy atom. The standard InChI is InChI=1S/C22H28FN3O2/c1-2-28-21-7-4-3-6-20(21)24-22(27)17-26-13-5-12-25(14-15-26)16-18-8-10-19(23)11-9-18/h3-4,6-11H,2,5,12-17H2,1H3,(H,24,27). The van der Waals surface area contributed by atoms with E-state index in [9.17, 15) is 9.18 Å². The molecule has 28 heavy (non-hydrogen) atoms. The first kappa shape index (κ1) is 20.3. The summed E-state index contributed by atoms with van der Waals surface area (Å²) in [7, 11) is 0. The first-order valence-corrected chi connectivity index (χ1v) is 9.85. The van der Waals surface area contributed by atoms with Gasteiger partial charge in [-0.2, -0.15) is 0 Å². The van der Waals surface area contributed by atoms with Crippen LogP contribution in [0.5, 0.6) is 5.75 Å². The van der Waals surface area contributed by atoms with Crippen LogP contribution in [0.15, 0.2) is 48.5 Å². The molecule has 1 heterocycles. The molecule has 2 aromatic rings. The zero-order valence-electron chi connectivity index (χ0n) is 16.4. The predicted octanol–water partition coefficient (Wildman–Crippen LogP) is 3.37. The van der Waals surface area contributed by atoms with E-state index in [-0.39, 0.29) is 11.7 Å². The number of amides is 1. The number of para-hydroxylation sites is 2. The quantitative estimate of drug-likeness (QED) is 0.794. The zero-order chi connectivity index (χ0) is 19.8. The average Bonchev–Trinajstić information content (AvgIpc) is 2.90. The largest absolute Gasteiger partial charge is 0.492 e. The molecule has 0 saturated carbocycles. The topological polar surface area (TPSA) is 44.8 Å². The summed E-state index contributed by atoms with van der Waals surface area (Å²) in [5, 5.41) is 2.96. The van der Waals surface area contributed by atoms with Gasteiger partial charge in [-0.25, -0.2) is 4.39 Å². The van der Waals surface area contributed by atoms with Gasteiger partial charge in [0.1, 0.15) is 11.6 Å². The minimum atomic E-state index is -0.206. The molecular formula is C22H28FN3O2. The second kappa shape index (κ2) is 10.2. The van der Waals surface area contributed by atoms with E-state index < -0.39 is 0 Å². The Hall–Kier alpha value is -2.44. The van der Waals surface area contributed by atoms with Gasteiger partial charge in [0.2, 0.25) is 5.91 Å². The van der Waals surface area contributed by atoms with E-state index in [1.54, 1.807) is 0 Å². The number of rotatable bonds is 7. The lowest BCUT2D eigenvalue weighted by Gasteiger charge is -2.21. The highest BCUT2D eigenvalue weighted by Crippen LogP contribution is 2.23. The van der Waals surface area contributed by atoms with E-state index in [4.69, 9.17) is 4.74 Å². The molecule has 0 aromatic heterocycles. The molecule has 0 aliphatic carbocycles. The first-order chi connectivity index (χ1) is 13.6.